The monoisotopic (exact) mass is 313 g/mol. The smallest absolute Gasteiger partial charge is 0.251 e. The third-order valence-corrected chi connectivity index (χ3v) is 4.45. The van der Waals surface area contributed by atoms with E-state index >= 15 is 0 Å². The summed E-state index contributed by atoms with van der Waals surface area (Å²) < 4.78 is 25.7. The molecule has 0 spiro atoms. The second kappa shape index (κ2) is 7.99. The van der Waals surface area contributed by atoms with Crippen molar-refractivity contribution in [2.45, 2.75) is 26.3 Å². The lowest BCUT2D eigenvalue weighted by Gasteiger charge is -2.12. The number of sulfonamides is 1. The number of likely N-dealkylation sites (N-methyl/N-ethyl adjacent to an activating group) is 1. The predicted molar refractivity (Wildman–Crippen MR) is 85.0 cm³/mol. The van der Waals surface area contributed by atoms with Crippen LogP contribution in [0.4, 0.5) is 5.69 Å². The van der Waals surface area contributed by atoms with Crippen LogP contribution in [0.25, 0.3) is 0 Å². The Balaban J connectivity index is 2.63. The molecular formula is C14H23N3O3S. The van der Waals surface area contributed by atoms with Gasteiger partial charge in [0.25, 0.3) is 5.91 Å². The number of carbonyl (C=O) groups excluding carboxylic acids is 1. The van der Waals surface area contributed by atoms with Crippen molar-refractivity contribution in [1.82, 2.24) is 10.6 Å². The molecule has 1 unspecified atom stereocenters. The summed E-state index contributed by atoms with van der Waals surface area (Å²) in [6.07, 6.45) is 0.555. The zero-order valence-corrected chi connectivity index (χ0v) is 13.5. The highest BCUT2D eigenvalue weighted by atomic mass is 32.2. The van der Waals surface area contributed by atoms with E-state index in [2.05, 4.69) is 15.4 Å². The number of hydrogen-bond acceptors (Lipinski definition) is 4. The van der Waals surface area contributed by atoms with Gasteiger partial charge in [-0.25, -0.2) is 8.42 Å². The Kier molecular flexibility index (Phi) is 6.64. The molecule has 0 saturated heterocycles. The van der Waals surface area contributed by atoms with E-state index in [4.69, 9.17) is 0 Å². The van der Waals surface area contributed by atoms with Gasteiger partial charge in [0.05, 0.1) is 5.75 Å². The molecule has 0 radical (unpaired) electrons. The van der Waals surface area contributed by atoms with Crippen molar-refractivity contribution in [3.8, 4) is 0 Å². The summed E-state index contributed by atoms with van der Waals surface area (Å²) in [5.74, 6) is -0.1000. The maximum atomic E-state index is 11.9. The van der Waals surface area contributed by atoms with Crippen LogP contribution in [0.5, 0.6) is 0 Å². The molecule has 0 aliphatic carbocycles. The summed E-state index contributed by atoms with van der Waals surface area (Å²) in [5, 5.41) is 5.82. The summed E-state index contributed by atoms with van der Waals surface area (Å²) in [6, 6.07) is 6.56. The fraction of sp³-hybridized carbons (Fsp3) is 0.500. The highest BCUT2D eigenvalue weighted by Gasteiger charge is 2.10. The van der Waals surface area contributed by atoms with Crippen LogP contribution in [0.15, 0.2) is 24.3 Å². The molecule has 0 fully saturated rings. The summed E-state index contributed by atoms with van der Waals surface area (Å²) in [7, 11) is -1.47. The van der Waals surface area contributed by atoms with Gasteiger partial charge in [-0.2, -0.15) is 0 Å². The zero-order chi connectivity index (χ0) is 15.9. The van der Waals surface area contributed by atoms with Crippen molar-refractivity contribution in [2.24, 2.45) is 0 Å². The first-order valence-corrected chi connectivity index (χ1v) is 8.59. The molecular weight excluding hydrogens is 290 g/mol. The summed E-state index contributed by atoms with van der Waals surface area (Å²) >= 11 is 0. The van der Waals surface area contributed by atoms with E-state index in [1.54, 1.807) is 31.2 Å². The van der Waals surface area contributed by atoms with Crippen molar-refractivity contribution in [2.75, 3.05) is 24.1 Å². The Labute approximate surface area is 126 Å². The molecule has 1 aromatic rings. The lowest BCUT2D eigenvalue weighted by molar-refractivity contribution is 0.0950. The first kappa shape index (κ1) is 17.5. The van der Waals surface area contributed by atoms with Crippen LogP contribution in [0.2, 0.25) is 0 Å². The van der Waals surface area contributed by atoms with E-state index in [-0.39, 0.29) is 17.7 Å². The van der Waals surface area contributed by atoms with Crippen LogP contribution in [-0.2, 0) is 10.0 Å². The van der Waals surface area contributed by atoms with Crippen molar-refractivity contribution >= 4 is 21.6 Å². The van der Waals surface area contributed by atoms with Crippen LogP contribution in [0.1, 0.15) is 30.6 Å². The molecule has 21 heavy (non-hydrogen) atoms. The first-order chi connectivity index (χ1) is 9.88. The molecule has 1 aromatic carbocycles. The maximum absolute atomic E-state index is 11.9. The van der Waals surface area contributed by atoms with Gasteiger partial charge >= 0.3 is 0 Å². The van der Waals surface area contributed by atoms with Crippen LogP contribution >= 0.6 is 0 Å². The number of rotatable bonds is 8. The Morgan fingerprint density at radius 3 is 2.38 bits per heavy atom. The average molecular weight is 313 g/mol. The van der Waals surface area contributed by atoms with Gasteiger partial charge in [0.1, 0.15) is 0 Å². The fourth-order valence-electron chi connectivity index (χ4n) is 1.64. The van der Waals surface area contributed by atoms with Gasteiger partial charge in [-0.15, -0.1) is 0 Å². The molecule has 3 N–H and O–H groups in total. The second-order valence-corrected chi connectivity index (χ2v) is 6.74. The molecule has 0 aliphatic heterocycles. The van der Waals surface area contributed by atoms with E-state index in [1.807, 2.05) is 14.0 Å². The topological polar surface area (TPSA) is 87.3 Å². The van der Waals surface area contributed by atoms with Gasteiger partial charge in [-0.05, 0) is 44.7 Å². The maximum Gasteiger partial charge on any atom is 0.251 e. The third-order valence-electron chi connectivity index (χ3n) is 2.95. The Morgan fingerprint density at radius 1 is 1.24 bits per heavy atom. The van der Waals surface area contributed by atoms with E-state index < -0.39 is 10.0 Å². The quantitative estimate of drug-likeness (QED) is 0.672. The molecule has 6 nitrogen and oxygen atoms in total. The van der Waals surface area contributed by atoms with Gasteiger partial charge in [-0.1, -0.05) is 6.92 Å². The number of carbonyl (C=O) groups is 1. The lowest BCUT2D eigenvalue weighted by atomic mass is 10.2. The molecule has 0 aromatic heterocycles. The molecule has 7 heteroatoms. The molecule has 1 amide bonds. The fourth-order valence-corrected chi connectivity index (χ4v) is 2.77. The SMILES string of the molecule is CCCS(=O)(=O)Nc1ccc(C(=O)NCC(C)NC)cc1. The minimum atomic E-state index is -3.30. The highest BCUT2D eigenvalue weighted by molar-refractivity contribution is 7.92. The van der Waals surface area contributed by atoms with Crippen LogP contribution in [0.3, 0.4) is 0 Å². The standard InChI is InChI=1S/C14H23N3O3S/c1-4-9-21(19,20)17-13-7-5-12(6-8-13)14(18)16-10-11(2)15-3/h5-8,11,15,17H,4,9-10H2,1-3H3,(H,16,18). The van der Waals surface area contributed by atoms with Crippen molar-refractivity contribution in [3.63, 3.8) is 0 Å². The van der Waals surface area contributed by atoms with Crippen LogP contribution in [0, 0.1) is 0 Å². The van der Waals surface area contributed by atoms with Crippen molar-refractivity contribution in [3.05, 3.63) is 29.8 Å². The summed E-state index contributed by atoms with van der Waals surface area (Å²) in [6.45, 7) is 4.30. The second-order valence-electron chi connectivity index (χ2n) is 4.90. The van der Waals surface area contributed by atoms with Gasteiger partial charge in [0.2, 0.25) is 10.0 Å². The van der Waals surface area contributed by atoms with Gasteiger partial charge in [0, 0.05) is 23.8 Å². The summed E-state index contributed by atoms with van der Waals surface area (Å²) in [5.41, 5.74) is 0.959. The van der Waals surface area contributed by atoms with Crippen LogP contribution in [-0.4, -0.2) is 39.7 Å². The third kappa shape index (κ3) is 6.14. The zero-order valence-electron chi connectivity index (χ0n) is 12.6. The molecule has 0 heterocycles. The van der Waals surface area contributed by atoms with E-state index in [1.165, 1.54) is 0 Å². The Morgan fingerprint density at radius 2 is 1.86 bits per heavy atom. The van der Waals surface area contributed by atoms with E-state index in [0.29, 0.717) is 24.2 Å². The molecule has 0 bridgehead atoms. The predicted octanol–water partition coefficient (Wildman–Crippen LogP) is 1.18. The van der Waals surface area contributed by atoms with Gasteiger partial charge in [-0.3, -0.25) is 9.52 Å². The summed E-state index contributed by atoms with van der Waals surface area (Å²) in [4.78, 5) is 11.9. The number of amides is 1. The largest absolute Gasteiger partial charge is 0.350 e. The van der Waals surface area contributed by atoms with Crippen molar-refractivity contribution < 1.29 is 13.2 Å². The van der Waals surface area contributed by atoms with Gasteiger partial charge in [0.15, 0.2) is 0 Å². The van der Waals surface area contributed by atoms with E-state index in [0.717, 1.165) is 0 Å². The molecule has 118 valence electrons. The molecule has 1 rings (SSSR count). The molecule has 0 saturated carbocycles. The Bertz CT molecular complexity index is 555. The lowest BCUT2D eigenvalue weighted by Crippen LogP contribution is -2.37. The normalized spacial score (nSPS) is 12.7. The minimum absolute atomic E-state index is 0.0805. The van der Waals surface area contributed by atoms with Crippen LogP contribution < -0.4 is 15.4 Å². The Hall–Kier alpha value is -1.60. The number of benzene rings is 1. The van der Waals surface area contributed by atoms with Gasteiger partial charge < -0.3 is 10.6 Å². The average Bonchev–Trinajstić information content (AvgIpc) is 2.44. The van der Waals surface area contributed by atoms with Crippen molar-refractivity contribution in [1.29, 1.82) is 0 Å². The number of anilines is 1. The highest BCUT2D eigenvalue weighted by Crippen LogP contribution is 2.12. The first-order valence-electron chi connectivity index (χ1n) is 6.94. The van der Waals surface area contributed by atoms with E-state index in [9.17, 15) is 13.2 Å². The minimum Gasteiger partial charge on any atom is -0.350 e. The number of nitrogens with one attached hydrogen (secondary N) is 3. The number of hydrogen-bond donors (Lipinski definition) is 3. The molecule has 1 atom stereocenters. The molecule has 0 aliphatic rings.